The minimum absolute atomic E-state index is 0.0440. The number of imide groups is 1. The molecule has 3 fully saturated rings. The average Bonchev–Trinajstić information content (AvgIpc) is 3.07. The topological polar surface area (TPSA) is 87.1 Å². The van der Waals surface area contributed by atoms with Crippen molar-refractivity contribution in [3.8, 4) is 5.75 Å². The van der Waals surface area contributed by atoms with Gasteiger partial charge < -0.3 is 14.9 Å². The van der Waals surface area contributed by atoms with Crippen LogP contribution in [-0.2, 0) is 14.3 Å². The summed E-state index contributed by atoms with van der Waals surface area (Å²) in [5.74, 6) is -5.10. The van der Waals surface area contributed by atoms with Crippen LogP contribution in [0.4, 0.5) is 4.39 Å². The van der Waals surface area contributed by atoms with Crippen molar-refractivity contribution in [2.75, 3.05) is 7.05 Å². The van der Waals surface area contributed by atoms with Gasteiger partial charge in [0.15, 0.2) is 17.4 Å². The number of ether oxygens (including phenoxy) is 1. The predicted octanol–water partition coefficient (Wildman–Crippen LogP) is 2.20. The molecule has 2 aliphatic heterocycles. The van der Waals surface area contributed by atoms with Crippen LogP contribution in [0.1, 0.15) is 38.4 Å². The molecule has 27 heavy (non-hydrogen) atoms. The molecule has 0 bridgehead atoms. The van der Waals surface area contributed by atoms with Crippen molar-refractivity contribution in [1.29, 1.82) is 0 Å². The van der Waals surface area contributed by atoms with Gasteiger partial charge in [-0.2, -0.15) is 0 Å². The molecular weight excluding hydrogens is 353 g/mol. The molecule has 1 aromatic carbocycles. The van der Waals surface area contributed by atoms with Crippen LogP contribution >= 0.6 is 0 Å². The highest BCUT2D eigenvalue weighted by Crippen LogP contribution is 2.59. The van der Waals surface area contributed by atoms with Gasteiger partial charge in [0.05, 0.1) is 17.9 Å². The van der Waals surface area contributed by atoms with Crippen LogP contribution in [0.15, 0.2) is 18.2 Å². The zero-order valence-corrected chi connectivity index (χ0v) is 15.6. The summed E-state index contributed by atoms with van der Waals surface area (Å²) in [6.45, 7) is 3.92. The van der Waals surface area contributed by atoms with E-state index < -0.39 is 41.2 Å². The van der Waals surface area contributed by atoms with E-state index in [1.165, 1.54) is 19.2 Å². The molecule has 1 aliphatic carbocycles. The standard InChI is InChI=1S/C20H24FNO5/c1-9(2)12-7-11-17(19(25)22(3)18(11)24)13-8-16(27-20(12,13)26)10-4-5-15(23)14(21)6-10/h4-6,9,11-13,16-17,23,26H,7-8H2,1-3H3/t11-,12+,13-,16-,17-,20+/m0/s1. The molecule has 2 amide bonds. The first kappa shape index (κ1) is 18.4. The number of phenolic OH excluding ortho intramolecular Hbond substituents is 1. The van der Waals surface area contributed by atoms with Crippen LogP contribution in [0.3, 0.4) is 0 Å². The maximum absolute atomic E-state index is 13.8. The number of nitrogens with zero attached hydrogens (tertiary/aromatic N) is 1. The summed E-state index contributed by atoms with van der Waals surface area (Å²) >= 11 is 0. The lowest BCUT2D eigenvalue weighted by atomic mass is 9.62. The van der Waals surface area contributed by atoms with E-state index in [1.807, 2.05) is 13.8 Å². The fourth-order valence-electron chi connectivity index (χ4n) is 5.26. The maximum Gasteiger partial charge on any atom is 0.233 e. The van der Waals surface area contributed by atoms with Gasteiger partial charge in [-0.25, -0.2) is 4.39 Å². The molecule has 6 nitrogen and oxygen atoms in total. The molecule has 2 saturated heterocycles. The number of carbonyl (C=O) groups is 2. The van der Waals surface area contributed by atoms with Crippen LogP contribution < -0.4 is 0 Å². The smallest absolute Gasteiger partial charge is 0.233 e. The number of aromatic hydroxyl groups is 1. The Morgan fingerprint density at radius 1 is 1.26 bits per heavy atom. The Bertz CT molecular complexity index is 812. The van der Waals surface area contributed by atoms with Crippen molar-refractivity contribution in [2.24, 2.45) is 29.6 Å². The van der Waals surface area contributed by atoms with E-state index in [0.717, 1.165) is 4.90 Å². The van der Waals surface area contributed by atoms with E-state index in [1.54, 1.807) is 6.07 Å². The third-order valence-electron chi connectivity index (χ3n) is 6.65. The molecular formula is C20H24FNO5. The second-order valence-corrected chi connectivity index (χ2v) is 8.37. The molecule has 1 aromatic rings. The fraction of sp³-hybridized carbons (Fsp3) is 0.600. The molecule has 0 unspecified atom stereocenters. The van der Waals surface area contributed by atoms with Crippen LogP contribution in [0.25, 0.3) is 0 Å². The predicted molar refractivity (Wildman–Crippen MR) is 92.6 cm³/mol. The highest BCUT2D eigenvalue weighted by Gasteiger charge is 2.66. The molecule has 2 heterocycles. The quantitative estimate of drug-likeness (QED) is 0.772. The highest BCUT2D eigenvalue weighted by molar-refractivity contribution is 6.05. The highest BCUT2D eigenvalue weighted by atomic mass is 19.1. The molecule has 0 aromatic heterocycles. The Labute approximate surface area is 156 Å². The van der Waals surface area contributed by atoms with E-state index in [0.29, 0.717) is 18.4 Å². The van der Waals surface area contributed by atoms with Gasteiger partial charge in [0, 0.05) is 18.9 Å². The van der Waals surface area contributed by atoms with Gasteiger partial charge in [-0.15, -0.1) is 0 Å². The van der Waals surface area contributed by atoms with Gasteiger partial charge in [-0.1, -0.05) is 19.9 Å². The number of aliphatic hydroxyl groups is 1. The van der Waals surface area contributed by atoms with Crippen molar-refractivity contribution in [3.63, 3.8) is 0 Å². The number of amides is 2. The van der Waals surface area contributed by atoms with E-state index in [-0.39, 0.29) is 23.7 Å². The number of rotatable bonds is 2. The van der Waals surface area contributed by atoms with Crippen LogP contribution in [0.2, 0.25) is 0 Å². The minimum Gasteiger partial charge on any atom is -0.505 e. The summed E-state index contributed by atoms with van der Waals surface area (Å²) in [5.41, 5.74) is 0.498. The molecule has 146 valence electrons. The fourth-order valence-corrected chi connectivity index (χ4v) is 5.26. The van der Waals surface area contributed by atoms with Gasteiger partial charge in [0.25, 0.3) is 0 Å². The second-order valence-electron chi connectivity index (χ2n) is 8.37. The van der Waals surface area contributed by atoms with Crippen molar-refractivity contribution in [2.45, 2.75) is 38.6 Å². The SMILES string of the molecule is CC(C)[C@H]1C[C@@H]2C(=O)N(C)C(=O)[C@@H]2[C@@H]2C[C@@H](c3ccc(O)c(F)c3)O[C@]12O. The monoisotopic (exact) mass is 377 g/mol. The summed E-state index contributed by atoms with van der Waals surface area (Å²) in [6.07, 6.45) is 0.0997. The first-order chi connectivity index (χ1) is 12.6. The Hall–Kier alpha value is -1.99. The summed E-state index contributed by atoms with van der Waals surface area (Å²) < 4.78 is 19.9. The number of halogens is 1. The number of phenols is 1. The summed E-state index contributed by atoms with van der Waals surface area (Å²) in [7, 11) is 1.48. The van der Waals surface area contributed by atoms with Gasteiger partial charge in [0.1, 0.15) is 0 Å². The second kappa shape index (κ2) is 6.01. The summed E-state index contributed by atoms with van der Waals surface area (Å²) in [4.78, 5) is 26.4. The van der Waals surface area contributed by atoms with Gasteiger partial charge in [-0.05, 0) is 36.5 Å². The maximum atomic E-state index is 13.8. The zero-order valence-electron chi connectivity index (χ0n) is 15.6. The number of hydrogen-bond donors (Lipinski definition) is 2. The van der Waals surface area contributed by atoms with Crippen molar-refractivity contribution >= 4 is 11.8 Å². The largest absolute Gasteiger partial charge is 0.505 e. The first-order valence-electron chi connectivity index (χ1n) is 9.35. The lowest BCUT2D eigenvalue weighted by Crippen LogP contribution is -2.55. The van der Waals surface area contributed by atoms with E-state index in [4.69, 9.17) is 4.74 Å². The molecule has 0 radical (unpaired) electrons. The molecule has 0 spiro atoms. The molecule has 1 saturated carbocycles. The summed E-state index contributed by atoms with van der Waals surface area (Å²) in [5, 5.41) is 20.9. The lowest BCUT2D eigenvalue weighted by Gasteiger charge is -2.46. The Morgan fingerprint density at radius 3 is 2.59 bits per heavy atom. The molecule has 3 aliphatic rings. The normalized spacial score (nSPS) is 38.4. The number of carbonyl (C=O) groups excluding carboxylic acids is 2. The van der Waals surface area contributed by atoms with Gasteiger partial charge in [-0.3, -0.25) is 14.5 Å². The Morgan fingerprint density at radius 2 is 1.96 bits per heavy atom. The minimum atomic E-state index is -1.55. The number of fused-ring (bicyclic) bond motifs is 3. The Kier molecular flexibility index (Phi) is 4.09. The van der Waals surface area contributed by atoms with Crippen molar-refractivity contribution < 1.29 is 28.9 Å². The third-order valence-corrected chi connectivity index (χ3v) is 6.65. The third kappa shape index (κ3) is 2.51. The van der Waals surface area contributed by atoms with Gasteiger partial charge >= 0.3 is 0 Å². The van der Waals surface area contributed by atoms with Crippen LogP contribution in [0.5, 0.6) is 5.75 Å². The van der Waals surface area contributed by atoms with Gasteiger partial charge in [0.2, 0.25) is 11.8 Å². The van der Waals surface area contributed by atoms with E-state index in [2.05, 4.69) is 0 Å². The lowest BCUT2D eigenvalue weighted by molar-refractivity contribution is -0.276. The Balaban J connectivity index is 1.74. The van der Waals surface area contributed by atoms with Crippen LogP contribution in [-0.4, -0.2) is 39.8 Å². The zero-order chi connectivity index (χ0) is 19.7. The molecule has 6 atom stereocenters. The molecule has 7 heteroatoms. The van der Waals surface area contributed by atoms with Crippen molar-refractivity contribution in [3.05, 3.63) is 29.6 Å². The van der Waals surface area contributed by atoms with E-state index >= 15 is 0 Å². The average molecular weight is 377 g/mol. The summed E-state index contributed by atoms with van der Waals surface area (Å²) in [6, 6.07) is 4.00. The van der Waals surface area contributed by atoms with E-state index in [9.17, 15) is 24.2 Å². The number of hydrogen-bond acceptors (Lipinski definition) is 5. The van der Waals surface area contributed by atoms with Crippen molar-refractivity contribution in [1.82, 2.24) is 4.90 Å². The van der Waals surface area contributed by atoms with Crippen LogP contribution in [0, 0.1) is 35.4 Å². The number of likely N-dealkylation sites (tertiary alicyclic amines) is 1. The number of benzene rings is 1. The molecule has 2 N–H and O–H groups in total. The first-order valence-corrected chi connectivity index (χ1v) is 9.35. The molecule has 4 rings (SSSR count).